The third kappa shape index (κ3) is 2.61. The van der Waals surface area contributed by atoms with E-state index in [0.29, 0.717) is 0 Å². The largest absolute Gasteiger partial charge is 0.135 e. The molecule has 0 saturated carbocycles. The molecule has 1 heterocycles. The summed E-state index contributed by atoms with van der Waals surface area (Å²) in [5, 5.41) is 2.70. The molecule has 0 aliphatic heterocycles. The van der Waals surface area contributed by atoms with Crippen molar-refractivity contribution in [1.29, 1.82) is 0 Å². The number of hydrogen-bond donors (Lipinski definition) is 0. The van der Waals surface area contributed by atoms with Crippen molar-refractivity contribution in [2.45, 2.75) is 10.8 Å². The van der Waals surface area contributed by atoms with Crippen LogP contribution in [-0.2, 0) is 10.8 Å². The molecule has 0 amide bonds. The monoisotopic (exact) mass is 586 g/mol. The van der Waals surface area contributed by atoms with Crippen LogP contribution in [0, 0.1) is 0 Å². The summed E-state index contributed by atoms with van der Waals surface area (Å²) in [6.45, 7) is 0. The molecule has 11 rings (SSSR count). The van der Waals surface area contributed by atoms with Crippen molar-refractivity contribution in [3.63, 3.8) is 0 Å². The lowest BCUT2D eigenvalue weighted by atomic mass is 9.52. The van der Waals surface area contributed by atoms with Crippen molar-refractivity contribution in [2.24, 2.45) is 0 Å². The van der Waals surface area contributed by atoms with Gasteiger partial charge in [-0.25, -0.2) is 0 Å². The molecular formula is C44H26S. The van der Waals surface area contributed by atoms with E-state index in [-0.39, 0.29) is 0 Å². The van der Waals surface area contributed by atoms with Gasteiger partial charge in [-0.15, -0.1) is 11.3 Å². The lowest BCUT2D eigenvalue weighted by Gasteiger charge is -2.48. The van der Waals surface area contributed by atoms with E-state index in [2.05, 4.69) is 158 Å². The second-order valence-electron chi connectivity index (χ2n) is 12.7. The van der Waals surface area contributed by atoms with Crippen molar-refractivity contribution < 1.29 is 0 Å². The molecule has 8 aromatic rings. The Morgan fingerprint density at radius 2 is 0.733 bits per heavy atom. The quantitative estimate of drug-likeness (QED) is 0.166. The molecule has 0 radical (unpaired) electrons. The molecule has 0 fully saturated rings. The number of fused-ring (bicyclic) bond motifs is 20. The van der Waals surface area contributed by atoms with Gasteiger partial charge in [0.25, 0.3) is 0 Å². The van der Waals surface area contributed by atoms with Crippen molar-refractivity contribution >= 4 is 31.5 Å². The third-order valence-electron chi connectivity index (χ3n) is 11.0. The Hall–Kier alpha value is -5.24. The summed E-state index contributed by atoms with van der Waals surface area (Å²) in [6, 6.07) is 59.9. The fraction of sp³-hybridized carbons (Fsp3) is 0.0455. The van der Waals surface area contributed by atoms with E-state index in [1.807, 2.05) is 11.3 Å². The minimum atomic E-state index is -0.447. The van der Waals surface area contributed by atoms with Crippen LogP contribution in [-0.4, -0.2) is 0 Å². The van der Waals surface area contributed by atoms with Crippen LogP contribution >= 0.6 is 11.3 Å². The number of rotatable bonds is 0. The minimum absolute atomic E-state index is 0.405. The normalized spacial score (nSPS) is 15.5. The van der Waals surface area contributed by atoms with Gasteiger partial charge in [-0.1, -0.05) is 152 Å². The smallest absolute Gasteiger partial charge is 0.0734 e. The first-order valence-corrected chi connectivity index (χ1v) is 16.6. The van der Waals surface area contributed by atoms with Crippen molar-refractivity contribution in [3.8, 4) is 22.3 Å². The van der Waals surface area contributed by atoms with E-state index in [1.165, 1.54) is 86.9 Å². The van der Waals surface area contributed by atoms with Gasteiger partial charge < -0.3 is 0 Å². The molecule has 3 aliphatic carbocycles. The van der Waals surface area contributed by atoms with Gasteiger partial charge in [-0.2, -0.15) is 0 Å². The summed E-state index contributed by atoms with van der Waals surface area (Å²) in [4.78, 5) is 0. The van der Waals surface area contributed by atoms with Crippen LogP contribution in [0.2, 0.25) is 0 Å². The predicted octanol–water partition coefficient (Wildman–Crippen LogP) is 11.1. The summed E-state index contributed by atoms with van der Waals surface area (Å²) >= 11 is 1.96. The van der Waals surface area contributed by atoms with Gasteiger partial charge in [0, 0.05) is 20.2 Å². The Morgan fingerprint density at radius 1 is 0.311 bits per heavy atom. The molecule has 7 aromatic carbocycles. The van der Waals surface area contributed by atoms with Crippen LogP contribution in [0.1, 0.15) is 44.5 Å². The maximum Gasteiger partial charge on any atom is 0.0734 e. The van der Waals surface area contributed by atoms with Crippen LogP contribution in [0.5, 0.6) is 0 Å². The van der Waals surface area contributed by atoms with E-state index in [9.17, 15) is 0 Å². The van der Waals surface area contributed by atoms with Crippen LogP contribution < -0.4 is 0 Å². The average Bonchev–Trinajstić information content (AvgIpc) is 3.73. The molecular weight excluding hydrogens is 561 g/mol. The highest BCUT2D eigenvalue weighted by atomic mass is 32.1. The molecule has 1 aromatic heterocycles. The molecule has 0 bridgehead atoms. The highest BCUT2D eigenvalue weighted by Crippen LogP contribution is 2.68. The van der Waals surface area contributed by atoms with Gasteiger partial charge in [0.05, 0.1) is 10.8 Å². The maximum absolute atomic E-state index is 2.44. The first-order chi connectivity index (χ1) is 22.3. The molecule has 0 N–H and O–H groups in total. The van der Waals surface area contributed by atoms with E-state index >= 15 is 0 Å². The molecule has 1 heteroatoms. The molecule has 2 spiro atoms. The molecule has 3 aliphatic rings. The molecule has 0 atom stereocenters. The first-order valence-electron chi connectivity index (χ1n) is 15.8. The minimum Gasteiger partial charge on any atom is -0.135 e. The van der Waals surface area contributed by atoms with Crippen LogP contribution in [0.3, 0.4) is 0 Å². The van der Waals surface area contributed by atoms with Crippen molar-refractivity contribution in [1.82, 2.24) is 0 Å². The molecule has 0 unspecified atom stereocenters. The van der Waals surface area contributed by atoms with Crippen molar-refractivity contribution in [3.05, 3.63) is 202 Å². The summed E-state index contributed by atoms with van der Waals surface area (Å²) in [5.74, 6) is 0. The molecule has 45 heavy (non-hydrogen) atoms. The van der Waals surface area contributed by atoms with Gasteiger partial charge >= 0.3 is 0 Å². The second kappa shape index (κ2) is 8.27. The van der Waals surface area contributed by atoms with Crippen molar-refractivity contribution in [2.75, 3.05) is 0 Å². The molecule has 0 nitrogen and oxygen atoms in total. The number of benzene rings is 7. The summed E-state index contributed by atoms with van der Waals surface area (Å²) in [5.41, 5.74) is 15.7. The number of hydrogen-bond acceptors (Lipinski definition) is 1. The molecule has 0 saturated heterocycles. The first kappa shape index (κ1) is 24.1. The number of thiophene rings is 1. The maximum atomic E-state index is 2.44. The third-order valence-corrected chi connectivity index (χ3v) is 12.2. The lowest BCUT2D eigenvalue weighted by molar-refractivity contribution is 0.636. The van der Waals surface area contributed by atoms with Crippen LogP contribution in [0.4, 0.5) is 0 Å². The predicted molar refractivity (Wildman–Crippen MR) is 187 cm³/mol. The van der Waals surface area contributed by atoms with E-state index in [1.54, 1.807) is 0 Å². The fourth-order valence-electron chi connectivity index (χ4n) is 9.50. The summed E-state index contributed by atoms with van der Waals surface area (Å²) in [7, 11) is 0. The highest BCUT2D eigenvalue weighted by Gasteiger charge is 2.59. The van der Waals surface area contributed by atoms with Gasteiger partial charge in [0.15, 0.2) is 0 Å². The zero-order valence-electron chi connectivity index (χ0n) is 24.4. The van der Waals surface area contributed by atoms with E-state index in [0.717, 1.165) is 0 Å². The Kier molecular flexibility index (Phi) is 4.43. The van der Waals surface area contributed by atoms with Gasteiger partial charge in [0.1, 0.15) is 0 Å². The second-order valence-corrected chi connectivity index (χ2v) is 13.7. The lowest BCUT2D eigenvalue weighted by Crippen LogP contribution is -2.43. The topological polar surface area (TPSA) is 0 Å². The van der Waals surface area contributed by atoms with E-state index in [4.69, 9.17) is 0 Å². The van der Waals surface area contributed by atoms with Gasteiger partial charge in [-0.05, 0) is 72.8 Å². The summed E-state index contributed by atoms with van der Waals surface area (Å²) < 4.78 is 2.75. The SMILES string of the molecule is c1ccc2c(c1)-c1ccccc1C21c2ccccc2C2(c3ccccc3-c3ccc4c(sc5ccccc54)c32)c2ccccc21. The Labute approximate surface area is 265 Å². The molecule has 208 valence electrons. The average molecular weight is 587 g/mol. The van der Waals surface area contributed by atoms with E-state index < -0.39 is 10.8 Å². The fourth-order valence-corrected chi connectivity index (χ4v) is 10.8. The zero-order valence-corrected chi connectivity index (χ0v) is 25.2. The van der Waals surface area contributed by atoms with Crippen LogP contribution in [0.25, 0.3) is 42.4 Å². The Balaban J connectivity index is 1.39. The summed E-state index contributed by atoms with van der Waals surface area (Å²) in [6.07, 6.45) is 0. The van der Waals surface area contributed by atoms with Gasteiger partial charge in [-0.3, -0.25) is 0 Å². The van der Waals surface area contributed by atoms with Crippen LogP contribution in [0.15, 0.2) is 158 Å². The Bertz CT molecular complexity index is 2470. The Morgan fingerprint density at radius 3 is 1.31 bits per heavy atom. The highest BCUT2D eigenvalue weighted by molar-refractivity contribution is 7.26. The van der Waals surface area contributed by atoms with Gasteiger partial charge in [0.2, 0.25) is 0 Å². The standard InChI is InChI=1S/C44H26S/c1-5-17-33-27(13-1)28-14-2-6-18-34(28)43(33)36-20-8-10-22-38(36)44(39-23-11-9-21-37(39)43)35-19-7-3-15-29(35)31-25-26-32-30-16-4-12-24-40(30)45-42(32)41(31)44/h1-26H. The zero-order chi connectivity index (χ0) is 29.3.